The SMILES string of the molecule is C1CCC2C(C1)SC1CCC3C4CCCC(C5CCC(N6C7CCCCC7SC7CCCCC76)CC5)C4SC3C12. The summed E-state index contributed by atoms with van der Waals surface area (Å²) in [6, 6.07) is 2.81. The number of hydrogen-bond donors (Lipinski definition) is 0. The van der Waals surface area contributed by atoms with Gasteiger partial charge in [-0.1, -0.05) is 44.9 Å². The Morgan fingerprint density at radius 3 is 1.75 bits per heavy atom. The Kier molecular flexibility index (Phi) is 7.80. The number of nitrogens with zero attached hydrogens (tertiary/aromatic N) is 1. The highest BCUT2D eigenvalue weighted by Crippen LogP contribution is 2.66. The van der Waals surface area contributed by atoms with Crippen molar-refractivity contribution >= 4 is 35.3 Å². The zero-order valence-corrected chi connectivity index (χ0v) is 27.6. The van der Waals surface area contributed by atoms with Crippen LogP contribution >= 0.6 is 35.3 Å². The van der Waals surface area contributed by atoms with Crippen molar-refractivity contribution in [2.75, 3.05) is 0 Å². The first-order valence-electron chi connectivity index (χ1n) is 18.6. The average molecular weight is 600 g/mol. The second-order valence-electron chi connectivity index (χ2n) is 16.2. The normalized spacial score (nSPS) is 56.2. The van der Waals surface area contributed by atoms with Gasteiger partial charge in [0, 0.05) is 49.6 Å². The molecule has 0 bridgehead atoms. The molecule has 0 spiro atoms. The van der Waals surface area contributed by atoms with Crippen molar-refractivity contribution in [3.05, 3.63) is 0 Å². The van der Waals surface area contributed by atoms with Crippen LogP contribution in [0.5, 0.6) is 0 Å². The summed E-state index contributed by atoms with van der Waals surface area (Å²) in [5.41, 5.74) is 0. The van der Waals surface area contributed by atoms with Gasteiger partial charge in [0.2, 0.25) is 0 Å². The number of rotatable bonds is 2. The molecule has 0 aromatic carbocycles. The molecule has 0 N–H and O–H groups in total. The van der Waals surface area contributed by atoms with Gasteiger partial charge in [-0.15, -0.1) is 0 Å². The van der Waals surface area contributed by atoms with Gasteiger partial charge < -0.3 is 0 Å². The van der Waals surface area contributed by atoms with Crippen LogP contribution in [0.2, 0.25) is 0 Å². The Labute approximate surface area is 259 Å². The fraction of sp³-hybridized carbons (Fsp3) is 1.00. The predicted octanol–water partition coefficient (Wildman–Crippen LogP) is 9.82. The van der Waals surface area contributed by atoms with E-state index in [1.807, 2.05) is 0 Å². The van der Waals surface area contributed by atoms with Crippen LogP contribution in [0, 0.1) is 35.5 Å². The lowest BCUT2D eigenvalue weighted by molar-refractivity contribution is 0.00523. The van der Waals surface area contributed by atoms with Gasteiger partial charge in [-0.2, -0.15) is 35.3 Å². The third kappa shape index (κ3) is 4.57. The molecule has 3 aliphatic heterocycles. The Morgan fingerprint density at radius 1 is 0.375 bits per heavy atom. The van der Waals surface area contributed by atoms with E-state index >= 15 is 0 Å². The molecule has 9 aliphatic rings. The molecule has 13 unspecified atom stereocenters. The third-order valence-corrected chi connectivity index (χ3v) is 20.2. The predicted molar refractivity (Wildman–Crippen MR) is 177 cm³/mol. The lowest BCUT2D eigenvalue weighted by Gasteiger charge is -2.57. The maximum atomic E-state index is 3.27. The maximum absolute atomic E-state index is 3.27. The molecule has 9 fully saturated rings. The molecule has 4 heteroatoms. The molecule has 6 saturated carbocycles. The fourth-order valence-corrected chi connectivity index (χ4v) is 19.8. The Hall–Kier alpha value is 1.01. The van der Waals surface area contributed by atoms with E-state index in [2.05, 4.69) is 40.2 Å². The van der Waals surface area contributed by atoms with Crippen LogP contribution in [0.25, 0.3) is 0 Å². The molecule has 13 atom stereocenters. The van der Waals surface area contributed by atoms with E-state index in [-0.39, 0.29) is 0 Å². The van der Waals surface area contributed by atoms with Crippen molar-refractivity contribution in [1.29, 1.82) is 0 Å². The smallest absolute Gasteiger partial charge is 0.0221 e. The zero-order valence-electron chi connectivity index (χ0n) is 25.2. The van der Waals surface area contributed by atoms with Gasteiger partial charge in [0.15, 0.2) is 0 Å². The van der Waals surface area contributed by atoms with E-state index < -0.39 is 0 Å². The van der Waals surface area contributed by atoms with Gasteiger partial charge >= 0.3 is 0 Å². The first-order valence-corrected chi connectivity index (χ1v) is 21.4. The van der Waals surface area contributed by atoms with Crippen molar-refractivity contribution < 1.29 is 0 Å². The van der Waals surface area contributed by atoms with E-state index in [1.54, 1.807) is 77.0 Å². The molecule has 6 aliphatic carbocycles. The standard InChI is InChI=1S/C36H57NS3/c1-4-13-30-27(8-1)34-33(38-30)21-20-26-25-10-7-9-24(35(25)40-36(26)34)22-16-18-23(19-17-22)37-28-11-2-5-14-31(28)39-32-15-6-3-12-29(32)37/h22-36H,1-21H2. The van der Waals surface area contributed by atoms with Crippen molar-refractivity contribution in [2.24, 2.45) is 35.5 Å². The van der Waals surface area contributed by atoms with E-state index in [9.17, 15) is 0 Å². The van der Waals surface area contributed by atoms with Crippen LogP contribution in [0.3, 0.4) is 0 Å². The minimum atomic E-state index is 0.936. The lowest BCUT2D eigenvalue weighted by atomic mass is 9.62. The van der Waals surface area contributed by atoms with Crippen LogP contribution in [0.4, 0.5) is 0 Å². The van der Waals surface area contributed by atoms with Crippen molar-refractivity contribution in [2.45, 2.75) is 184 Å². The quantitative estimate of drug-likeness (QED) is 0.311. The van der Waals surface area contributed by atoms with Crippen LogP contribution in [0.1, 0.15) is 135 Å². The molecule has 3 heterocycles. The summed E-state index contributed by atoms with van der Waals surface area (Å²) in [5, 5.41) is 6.16. The molecular formula is C36H57NS3. The van der Waals surface area contributed by atoms with Gasteiger partial charge in [-0.05, 0) is 125 Å². The largest absolute Gasteiger partial charge is 0.292 e. The minimum absolute atomic E-state index is 0.936. The van der Waals surface area contributed by atoms with E-state index in [0.717, 1.165) is 85.1 Å². The second-order valence-corrected chi connectivity index (χ2v) is 20.6. The first kappa shape index (κ1) is 27.3. The van der Waals surface area contributed by atoms with E-state index in [4.69, 9.17) is 0 Å². The van der Waals surface area contributed by atoms with Gasteiger partial charge in [0.05, 0.1) is 0 Å². The Balaban J connectivity index is 0.896. The summed E-state index contributed by atoms with van der Waals surface area (Å²) in [5.74, 6) is 6.56. The Bertz CT molecular complexity index is 880. The van der Waals surface area contributed by atoms with E-state index in [1.165, 1.54) is 57.8 Å². The molecule has 0 radical (unpaired) electrons. The molecule has 40 heavy (non-hydrogen) atoms. The molecule has 3 saturated heterocycles. The van der Waals surface area contributed by atoms with Gasteiger partial charge in [0.1, 0.15) is 0 Å². The van der Waals surface area contributed by atoms with Crippen molar-refractivity contribution in [3.8, 4) is 0 Å². The number of fused-ring (bicyclic) bond motifs is 9. The minimum Gasteiger partial charge on any atom is -0.292 e. The van der Waals surface area contributed by atoms with Crippen LogP contribution < -0.4 is 0 Å². The van der Waals surface area contributed by atoms with E-state index in [0.29, 0.717) is 0 Å². The van der Waals surface area contributed by atoms with Crippen molar-refractivity contribution in [3.63, 3.8) is 0 Å². The summed E-state index contributed by atoms with van der Waals surface area (Å²) < 4.78 is 0. The third-order valence-electron chi connectivity index (χ3n) is 14.6. The molecule has 224 valence electrons. The fourth-order valence-electron chi connectivity index (χ4n) is 13.1. The molecule has 9 rings (SSSR count). The summed E-state index contributed by atoms with van der Waals surface area (Å²) in [6.07, 6.45) is 32.6. The summed E-state index contributed by atoms with van der Waals surface area (Å²) >= 11 is 7.62. The van der Waals surface area contributed by atoms with Gasteiger partial charge in [-0.25, -0.2) is 0 Å². The number of thioether (sulfide) groups is 3. The molecule has 0 aromatic heterocycles. The van der Waals surface area contributed by atoms with Crippen LogP contribution in [-0.4, -0.2) is 54.5 Å². The highest BCUT2D eigenvalue weighted by molar-refractivity contribution is 8.02. The van der Waals surface area contributed by atoms with Gasteiger partial charge in [-0.3, -0.25) is 4.90 Å². The van der Waals surface area contributed by atoms with Crippen LogP contribution in [0.15, 0.2) is 0 Å². The molecule has 1 nitrogen and oxygen atoms in total. The average Bonchev–Trinajstić information content (AvgIpc) is 3.58. The molecule has 0 aromatic rings. The Morgan fingerprint density at radius 2 is 0.975 bits per heavy atom. The highest BCUT2D eigenvalue weighted by atomic mass is 32.2. The van der Waals surface area contributed by atoms with Crippen molar-refractivity contribution in [1.82, 2.24) is 4.90 Å². The summed E-state index contributed by atoms with van der Waals surface area (Å²) in [7, 11) is 0. The lowest BCUT2D eigenvalue weighted by Crippen LogP contribution is -2.62. The van der Waals surface area contributed by atoms with Crippen LogP contribution in [-0.2, 0) is 0 Å². The topological polar surface area (TPSA) is 3.24 Å². The maximum Gasteiger partial charge on any atom is 0.0221 e. The molecular weight excluding hydrogens is 543 g/mol. The highest BCUT2D eigenvalue weighted by Gasteiger charge is 2.59. The number of hydrogen-bond acceptors (Lipinski definition) is 4. The summed E-state index contributed by atoms with van der Waals surface area (Å²) in [4.78, 5) is 3.27. The first-order chi connectivity index (χ1) is 19.8. The monoisotopic (exact) mass is 599 g/mol. The zero-order chi connectivity index (χ0) is 26.2. The summed E-state index contributed by atoms with van der Waals surface area (Å²) in [6.45, 7) is 0. The second kappa shape index (κ2) is 11.4. The van der Waals surface area contributed by atoms with Gasteiger partial charge in [0.25, 0.3) is 0 Å². The molecule has 0 amide bonds.